The smallest absolute Gasteiger partial charge is 0.333 e. The van der Waals surface area contributed by atoms with E-state index in [1.807, 2.05) is 0 Å². The minimum absolute atomic E-state index is 0.113. The third-order valence-electron chi connectivity index (χ3n) is 3.11. The van der Waals surface area contributed by atoms with Crippen LogP contribution in [-0.4, -0.2) is 16.0 Å². The van der Waals surface area contributed by atoms with Gasteiger partial charge >= 0.3 is 6.18 Å². The molecule has 1 amide bonds. The summed E-state index contributed by atoms with van der Waals surface area (Å²) in [5.41, 5.74) is -0.244. The lowest BCUT2D eigenvalue weighted by Gasteiger charge is -2.08. The quantitative estimate of drug-likeness (QED) is 0.759. The Morgan fingerprint density at radius 2 is 1.92 bits per heavy atom. The number of nitrogens with one attached hydrogen (secondary N) is 1. The van der Waals surface area contributed by atoms with Crippen molar-refractivity contribution in [2.75, 3.05) is 5.32 Å². The molecule has 1 N–H and O–H groups in total. The van der Waals surface area contributed by atoms with Crippen LogP contribution < -0.4 is 5.32 Å². The Bertz CT molecular complexity index is 869. The lowest BCUT2D eigenvalue weighted by Crippen LogP contribution is -2.12. The molecule has 0 bridgehead atoms. The zero-order valence-corrected chi connectivity index (χ0v) is 13.0. The average molecular weight is 353 g/mol. The number of hydrogen-bond donors (Lipinski definition) is 1. The number of rotatable bonds is 3. The second kappa shape index (κ2) is 6.08. The highest BCUT2D eigenvalue weighted by Crippen LogP contribution is 2.33. The SMILES string of the molecule is Cc1noc(-c2sccc2NC(=O)c2ccc(C(F)(F)F)cc2)n1. The zero-order valence-electron chi connectivity index (χ0n) is 12.2. The van der Waals surface area contributed by atoms with Crippen molar-refractivity contribution in [2.24, 2.45) is 0 Å². The molecule has 24 heavy (non-hydrogen) atoms. The Kier molecular flexibility index (Phi) is 4.10. The Balaban J connectivity index is 1.80. The summed E-state index contributed by atoms with van der Waals surface area (Å²) in [7, 11) is 0. The molecule has 0 aliphatic rings. The molecule has 2 aromatic heterocycles. The predicted octanol–water partition coefficient (Wildman–Crippen LogP) is 4.38. The molecular weight excluding hydrogens is 343 g/mol. The van der Waals surface area contributed by atoms with Gasteiger partial charge in [-0.2, -0.15) is 18.2 Å². The number of hydrogen-bond acceptors (Lipinski definition) is 5. The molecule has 3 rings (SSSR count). The Morgan fingerprint density at radius 1 is 1.21 bits per heavy atom. The van der Waals surface area contributed by atoms with Gasteiger partial charge in [-0.1, -0.05) is 5.16 Å². The molecule has 0 saturated carbocycles. The number of aryl methyl sites for hydroxylation is 1. The first kappa shape index (κ1) is 16.2. The van der Waals surface area contributed by atoms with Gasteiger partial charge in [-0.3, -0.25) is 4.79 Å². The van der Waals surface area contributed by atoms with Crippen molar-refractivity contribution in [2.45, 2.75) is 13.1 Å². The molecule has 0 atom stereocenters. The summed E-state index contributed by atoms with van der Waals surface area (Å²) in [5.74, 6) is 0.197. The van der Waals surface area contributed by atoms with Gasteiger partial charge in [0.1, 0.15) is 4.88 Å². The summed E-state index contributed by atoms with van der Waals surface area (Å²) in [4.78, 5) is 16.9. The van der Waals surface area contributed by atoms with Crippen LogP contribution in [0.25, 0.3) is 10.8 Å². The zero-order chi connectivity index (χ0) is 17.3. The van der Waals surface area contributed by atoms with E-state index in [1.54, 1.807) is 18.4 Å². The molecule has 0 aliphatic heterocycles. The van der Waals surface area contributed by atoms with Crippen LogP contribution in [0.4, 0.5) is 18.9 Å². The largest absolute Gasteiger partial charge is 0.416 e. The first-order chi connectivity index (χ1) is 11.3. The van der Waals surface area contributed by atoms with Crippen LogP contribution in [0.15, 0.2) is 40.2 Å². The van der Waals surface area contributed by atoms with E-state index in [4.69, 9.17) is 4.52 Å². The van der Waals surface area contributed by atoms with Crippen LogP contribution in [-0.2, 0) is 6.18 Å². The van der Waals surface area contributed by atoms with Gasteiger partial charge in [0.05, 0.1) is 11.3 Å². The maximum Gasteiger partial charge on any atom is 0.416 e. The van der Waals surface area contributed by atoms with Gasteiger partial charge < -0.3 is 9.84 Å². The molecule has 1 aromatic carbocycles. The molecule has 0 spiro atoms. The maximum atomic E-state index is 12.5. The van der Waals surface area contributed by atoms with Gasteiger partial charge in [-0.05, 0) is 42.6 Å². The Hall–Kier alpha value is -2.68. The normalized spacial score (nSPS) is 11.5. The summed E-state index contributed by atoms with van der Waals surface area (Å²) < 4.78 is 42.7. The molecule has 0 saturated heterocycles. The number of carbonyl (C=O) groups excluding carboxylic acids is 1. The number of amides is 1. The second-order valence-corrected chi connectivity index (χ2v) is 5.76. The molecule has 124 valence electrons. The molecule has 0 unspecified atom stereocenters. The minimum atomic E-state index is -4.44. The van der Waals surface area contributed by atoms with E-state index in [-0.39, 0.29) is 11.5 Å². The number of thiophene rings is 1. The van der Waals surface area contributed by atoms with Crippen LogP contribution in [0, 0.1) is 6.92 Å². The summed E-state index contributed by atoms with van der Waals surface area (Å²) in [5, 5.41) is 8.05. The monoisotopic (exact) mass is 353 g/mol. The van der Waals surface area contributed by atoms with Crippen molar-refractivity contribution in [3.63, 3.8) is 0 Å². The van der Waals surface area contributed by atoms with E-state index in [0.29, 0.717) is 16.4 Å². The highest BCUT2D eigenvalue weighted by atomic mass is 32.1. The number of carbonyl (C=O) groups is 1. The van der Waals surface area contributed by atoms with E-state index in [0.717, 1.165) is 24.3 Å². The van der Waals surface area contributed by atoms with Crippen LogP contribution in [0.2, 0.25) is 0 Å². The molecule has 0 radical (unpaired) electrons. The first-order valence-electron chi connectivity index (χ1n) is 6.71. The van der Waals surface area contributed by atoms with Gasteiger partial charge in [-0.15, -0.1) is 11.3 Å². The summed E-state index contributed by atoms with van der Waals surface area (Å²) in [6.45, 7) is 1.67. The van der Waals surface area contributed by atoms with E-state index in [9.17, 15) is 18.0 Å². The molecule has 5 nitrogen and oxygen atoms in total. The Labute approximate surface area is 138 Å². The lowest BCUT2D eigenvalue weighted by atomic mass is 10.1. The van der Waals surface area contributed by atoms with Crippen molar-refractivity contribution < 1.29 is 22.5 Å². The third-order valence-corrected chi connectivity index (χ3v) is 4.01. The highest BCUT2D eigenvalue weighted by molar-refractivity contribution is 7.14. The van der Waals surface area contributed by atoms with Crippen molar-refractivity contribution in [3.05, 3.63) is 52.7 Å². The van der Waals surface area contributed by atoms with E-state index >= 15 is 0 Å². The van der Waals surface area contributed by atoms with Crippen LogP contribution in [0.1, 0.15) is 21.7 Å². The van der Waals surface area contributed by atoms with Gasteiger partial charge in [0, 0.05) is 5.56 Å². The predicted molar refractivity (Wildman–Crippen MR) is 81.7 cm³/mol. The van der Waals surface area contributed by atoms with Crippen LogP contribution in [0.3, 0.4) is 0 Å². The number of anilines is 1. The van der Waals surface area contributed by atoms with Crippen molar-refractivity contribution in [1.29, 1.82) is 0 Å². The molecule has 0 fully saturated rings. The van der Waals surface area contributed by atoms with E-state index in [2.05, 4.69) is 15.5 Å². The lowest BCUT2D eigenvalue weighted by molar-refractivity contribution is -0.137. The maximum absolute atomic E-state index is 12.5. The molecule has 2 heterocycles. The van der Waals surface area contributed by atoms with Gasteiger partial charge in [0.25, 0.3) is 11.8 Å². The fourth-order valence-electron chi connectivity index (χ4n) is 1.97. The Morgan fingerprint density at radius 3 is 2.50 bits per heavy atom. The second-order valence-electron chi connectivity index (χ2n) is 4.84. The summed E-state index contributed by atoms with van der Waals surface area (Å²) >= 11 is 1.30. The van der Waals surface area contributed by atoms with E-state index < -0.39 is 17.6 Å². The number of benzene rings is 1. The standard InChI is InChI=1S/C15H10F3N3O2S/c1-8-19-14(23-21-8)12-11(6-7-24-12)20-13(22)9-2-4-10(5-3-9)15(16,17)18/h2-7H,1H3,(H,20,22). The average Bonchev–Trinajstić information content (AvgIpc) is 3.15. The highest BCUT2D eigenvalue weighted by Gasteiger charge is 2.30. The van der Waals surface area contributed by atoms with Gasteiger partial charge in [-0.25, -0.2) is 0 Å². The van der Waals surface area contributed by atoms with Gasteiger partial charge in [0.2, 0.25) is 0 Å². The van der Waals surface area contributed by atoms with E-state index in [1.165, 1.54) is 11.3 Å². The van der Waals surface area contributed by atoms with Crippen molar-refractivity contribution >= 4 is 22.9 Å². The van der Waals surface area contributed by atoms with Crippen molar-refractivity contribution in [1.82, 2.24) is 10.1 Å². The number of alkyl halides is 3. The summed E-state index contributed by atoms with van der Waals surface area (Å²) in [6.07, 6.45) is -4.44. The number of nitrogens with zero attached hydrogens (tertiary/aromatic N) is 2. The fraction of sp³-hybridized carbons (Fsp3) is 0.133. The minimum Gasteiger partial charge on any atom is -0.333 e. The molecule has 3 aromatic rings. The topological polar surface area (TPSA) is 68.0 Å². The van der Waals surface area contributed by atoms with Crippen LogP contribution in [0.5, 0.6) is 0 Å². The molecule has 9 heteroatoms. The summed E-state index contributed by atoms with van der Waals surface area (Å²) in [6, 6.07) is 5.64. The molecular formula is C15H10F3N3O2S. The number of halogens is 3. The third kappa shape index (κ3) is 3.30. The van der Waals surface area contributed by atoms with Gasteiger partial charge in [0.15, 0.2) is 5.82 Å². The van der Waals surface area contributed by atoms with Crippen LogP contribution >= 0.6 is 11.3 Å². The first-order valence-corrected chi connectivity index (χ1v) is 7.59. The number of aromatic nitrogens is 2. The molecule has 0 aliphatic carbocycles. The fourth-order valence-corrected chi connectivity index (χ4v) is 2.74. The van der Waals surface area contributed by atoms with Crippen molar-refractivity contribution in [3.8, 4) is 10.8 Å².